The van der Waals surface area contributed by atoms with Crippen LogP contribution in [0.25, 0.3) is 16.3 Å². The number of ether oxygens (including phenoxy) is 1. The van der Waals surface area contributed by atoms with Crippen molar-refractivity contribution in [2.45, 2.75) is 91.8 Å². The van der Waals surface area contributed by atoms with Crippen LogP contribution >= 0.6 is 0 Å². The van der Waals surface area contributed by atoms with Crippen molar-refractivity contribution in [1.82, 2.24) is 0 Å². The van der Waals surface area contributed by atoms with Gasteiger partial charge in [0.05, 0.1) is 6.10 Å². The summed E-state index contributed by atoms with van der Waals surface area (Å²) in [6.07, 6.45) is 6.08. The quantitative estimate of drug-likeness (QED) is 0.322. The molecular weight excluding hydrogens is 510 g/mol. The van der Waals surface area contributed by atoms with Crippen LogP contribution in [0, 0.1) is 39.9 Å². The Bertz CT molecular complexity index is 1410. The number of aliphatic hydroxyl groups is 1. The fourth-order valence-corrected chi connectivity index (χ4v) is 10.8. The predicted octanol–water partition coefficient (Wildman–Crippen LogP) is 6.70. The average Bonchev–Trinajstić information content (AvgIpc) is 3.20. The molecule has 5 heteroatoms. The summed E-state index contributed by atoms with van der Waals surface area (Å²) < 4.78 is 6.13. The maximum absolute atomic E-state index is 13.5. The molecule has 9 atom stereocenters. The zero-order valence-corrected chi connectivity index (χ0v) is 25.4. The van der Waals surface area contributed by atoms with Crippen LogP contribution < -0.4 is 5.73 Å². The summed E-state index contributed by atoms with van der Waals surface area (Å²) in [5.74, 6) is 0.995. The summed E-state index contributed by atoms with van der Waals surface area (Å²) in [7, 11) is 0. The number of benzene rings is 2. The Morgan fingerprint density at radius 3 is 2.37 bits per heavy atom. The van der Waals surface area contributed by atoms with Gasteiger partial charge in [-0.05, 0) is 120 Å². The van der Waals surface area contributed by atoms with Gasteiger partial charge in [0.15, 0.2) is 5.78 Å². The summed E-state index contributed by atoms with van der Waals surface area (Å²) in [6, 6.07) is 14.5. The van der Waals surface area contributed by atoms with E-state index < -0.39 is 6.10 Å². The monoisotopic (exact) mass is 557 g/mol. The van der Waals surface area contributed by atoms with Crippen molar-refractivity contribution in [2.75, 3.05) is 6.54 Å². The van der Waals surface area contributed by atoms with E-state index in [4.69, 9.17) is 10.5 Å². The van der Waals surface area contributed by atoms with Gasteiger partial charge in [-0.15, -0.1) is 0 Å². The topological polar surface area (TPSA) is 89.6 Å². The number of Topliss-reactive ketones (excluding diaryl/α,β-unsaturated/α-hetero) is 1. The maximum atomic E-state index is 13.5. The lowest BCUT2D eigenvalue weighted by Gasteiger charge is -2.68. The van der Waals surface area contributed by atoms with Gasteiger partial charge in [0.2, 0.25) is 0 Å². The van der Waals surface area contributed by atoms with Gasteiger partial charge in [0.1, 0.15) is 6.10 Å². The minimum absolute atomic E-state index is 0.0219. The molecule has 3 N–H and O–H groups in total. The number of ketones is 1. The van der Waals surface area contributed by atoms with Gasteiger partial charge < -0.3 is 15.6 Å². The summed E-state index contributed by atoms with van der Waals surface area (Å²) in [5, 5.41) is 13.1. The van der Waals surface area contributed by atoms with Crippen molar-refractivity contribution in [3.8, 4) is 0 Å². The number of fused-ring (bicyclic) bond motifs is 6. The Labute approximate surface area is 244 Å². The molecule has 2 aromatic carbocycles. The second kappa shape index (κ2) is 10.1. The van der Waals surface area contributed by atoms with E-state index in [1.807, 2.05) is 12.1 Å². The van der Waals surface area contributed by atoms with Crippen molar-refractivity contribution >= 4 is 28.1 Å². The average molecular weight is 558 g/mol. The summed E-state index contributed by atoms with van der Waals surface area (Å²) in [6.45, 7) is 11.1. The fourth-order valence-electron chi connectivity index (χ4n) is 10.8. The van der Waals surface area contributed by atoms with E-state index >= 15 is 0 Å². The molecule has 5 nitrogen and oxygen atoms in total. The lowest BCUT2D eigenvalue weighted by atomic mass is 9.37. The summed E-state index contributed by atoms with van der Waals surface area (Å²) >= 11 is 0. The van der Waals surface area contributed by atoms with Crippen LogP contribution in [0.2, 0.25) is 0 Å². The molecule has 0 spiro atoms. The van der Waals surface area contributed by atoms with Crippen LogP contribution in [0.1, 0.15) is 85.1 Å². The minimum Gasteiger partial charge on any atom is -0.458 e. The van der Waals surface area contributed by atoms with Crippen molar-refractivity contribution in [3.05, 3.63) is 53.6 Å². The smallest absolute Gasteiger partial charge is 0.303 e. The van der Waals surface area contributed by atoms with Crippen LogP contribution in [-0.2, 0) is 14.3 Å². The molecule has 2 aromatic rings. The molecule has 0 amide bonds. The van der Waals surface area contributed by atoms with Gasteiger partial charge in [-0.2, -0.15) is 0 Å². The Morgan fingerprint density at radius 1 is 0.951 bits per heavy atom. The Morgan fingerprint density at radius 2 is 1.68 bits per heavy atom. The van der Waals surface area contributed by atoms with Crippen molar-refractivity contribution in [1.29, 1.82) is 0 Å². The van der Waals surface area contributed by atoms with E-state index in [1.54, 1.807) is 6.92 Å². The second-order valence-electron chi connectivity index (χ2n) is 14.4. The van der Waals surface area contributed by atoms with E-state index in [0.717, 1.165) is 72.4 Å². The maximum Gasteiger partial charge on any atom is 0.303 e. The molecule has 6 rings (SSSR count). The van der Waals surface area contributed by atoms with E-state index in [2.05, 4.69) is 51.1 Å². The van der Waals surface area contributed by atoms with Gasteiger partial charge >= 0.3 is 5.97 Å². The first-order valence-electron chi connectivity index (χ1n) is 15.7. The van der Waals surface area contributed by atoms with Gasteiger partial charge in [-0.3, -0.25) is 9.59 Å². The number of aliphatic hydroxyl groups excluding tert-OH is 1. The van der Waals surface area contributed by atoms with E-state index in [-0.39, 0.29) is 45.9 Å². The molecule has 4 aliphatic carbocycles. The van der Waals surface area contributed by atoms with Crippen molar-refractivity contribution in [3.63, 3.8) is 0 Å². The number of carbonyl (C=O) groups excluding carboxylic acids is 2. The Balaban J connectivity index is 1.48. The molecular formula is C36H47NO4. The molecule has 4 aliphatic rings. The van der Waals surface area contributed by atoms with E-state index in [0.29, 0.717) is 18.4 Å². The number of hydrogen-bond acceptors (Lipinski definition) is 5. The highest BCUT2D eigenvalue weighted by Crippen LogP contribution is 2.74. The number of rotatable bonds is 4. The number of hydrogen-bond donors (Lipinski definition) is 2. The zero-order chi connectivity index (χ0) is 29.3. The molecule has 220 valence electrons. The predicted molar refractivity (Wildman–Crippen MR) is 163 cm³/mol. The fraction of sp³-hybridized carbons (Fsp3) is 0.611. The highest BCUT2D eigenvalue weighted by Gasteiger charge is 2.68. The molecule has 41 heavy (non-hydrogen) atoms. The van der Waals surface area contributed by atoms with Gasteiger partial charge in [-0.1, -0.05) is 57.2 Å². The molecule has 0 heterocycles. The first-order valence-corrected chi connectivity index (χ1v) is 15.7. The number of esters is 1. The summed E-state index contributed by atoms with van der Waals surface area (Å²) in [5.41, 5.74) is 8.98. The SMILES string of the molecule is CC(=O)O[C@H]1C[C@@]2(C)[C@@H](CC[C@H]3[C@@]4(C)CC[C@@H](O)[C@@H](CN)[C@@H]4CC[C@@]32C)/C1=C(/C(C)=O)c1ccc2ccccc2c1. The zero-order valence-electron chi connectivity index (χ0n) is 25.4. The third-order valence-electron chi connectivity index (χ3n) is 12.8. The van der Waals surface area contributed by atoms with Gasteiger partial charge in [0.25, 0.3) is 0 Å². The van der Waals surface area contributed by atoms with Crippen LogP contribution in [-0.4, -0.2) is 35.6 Å². The molecule has 0 radical (unpaired) electrons. The molecule has 0 unspecified atom stereocenters. The molecule has 4 saturated carbocycles. The van der Waals surface area contributed by atoms with Crippen molar-refractivity contribution < 1.29 is 19.4 Å². The second-order valence-corrected chi connectivity index (χ2v) is 14.4. The standard InChI is InChI=1S/C36H47NO4/c1-21(38)32(25-11-10-23-8-6-7-9-24(23)18-25)33-28-12-13-31-34(3)16-15-29(40)26(20-37)27(34)14-17-35(31,4)36(28,5)19-30(33)41-22(2)39/h6-11,18,26-31,40H,12-17,19-20,37H2,1-5H3/b33-32+/t26-,27-,28-,29+,30-,31-,34-,35-,36-/m0/s1. The molecule has 4 fully saturated rings. The molecule has 0 saturated heterocycles. The normalized spacial score (nSPS) is 41.2. The van der Waals surface area contributed by atoms with Crippen LogP contribution in [0.4, 0.5) is 0 Å². The highest BCUT2D eigenvalue weighted by molar-refractivity contribution is 6.21. The van der Waals surface area contributed by atoms with Crippen molar-refractivity contribution in [2.24, 2.45) is 45.7 Å². The number of carbonyl (C=O) groups is 2. The third kappa shape index (κ3) is 4.17. The lowest BCUT2D eigenvalue weighted by molar-refractivity contribution is -0.199. The van der Waals surface area contributed by atoms with Gasteiger partial charge in [-0.25, -0.2) is 0 Å². The molecule has 0 aromatic heterocycles. The third-order valence-corrected chi connectivity index (χ3v) is 12.8. The lowest BCUT2D eigenvalue weighted by Crippen LogP contribution is -2.62. The first-order chi connectivity index (χ1) is 19.4. The summed E-state index contributed by atoms with van der Waals surface area (Å²) in [4.78, 5) is 26.0. The number of allylic oxidation sites excluding steroid dienone is 1. The van der Waals surface area contributed by atoms with Crippen LogP contribution in [0.5, 0.6) is 0 Å². The minimum atomic E-state index is -0.404. The highest BCUT2D eigenvalue weighted by atomic mass is 16.5. The largest absolute Gasteiger partial charge is 0.458 e. The molecule has 0 aliphatic heterocycles. The van der Waals surface area contributed by atoms with Crippen LogP contribution in [0.15, 0.2) is 48.0 Å². The Kier molecular flexibility index (Phi) is 7.01. The van der Waals surface area contributed by atoms with Gasteiger partial charge in [0, 0.05) is 18.4 Å². The number of nitrogens with two attached hydrogens (primary N) is 1. The van der Waals surface area contributed by atoms with Crippen LogP contribution in [0.3, 0.4) is 0 Å². The Hall–Kier alpha value is -2.50. The van der Waals surface area contributed by atoms with E-state index in [1.165, 1.54) is 6.92 Å². The van der Waals surface area contributed by atoms with E-state index in [9.17, 15) is 14.7 Å². The first kappa shape index (κ1) is 28.6. The molecule has 0 bridgehead atoms.